The summed E-state index contributed by atoms with van der Waals surface area (Å²) in [5.74, 6) is 0.208. The maximum absolute atomic E-state index is 14.5. The van der Waals surface area contributed by atoms with Crippen LogP contribution in [-0.2, 0) is 11.2 Å². The summed E-state index contributed by atoms with van der Waals surface area (Å²) >= 11 is 0. The van der Waals surface area contributed by atoms with Crippen molar-refractivity contribution in [1.82, 2.24) is 15.3 Å². The van der Waals surface area contributed by atoms with E-state index < -0.39 is 17.8 Å². The van der Waals surface area contributed by atoms with E-state index in [2.05, 4.69) is 15.3 Å². The number of aryl methyl sites for hydroxylation is 1. The highest BCUT2D eigenvalue weighted by Crippen LogP contribution is 2.22. The zero-order chi connectivity index (χ0) is 19.2. The summed E-state index contributed by atoms with van der Waals surface area (Å²) in [6.07, 6.45) is 5.31. The molecule has 7 heteroatoms. The standard InChI is InChI=1S/C20H20FN3O3/c1-3-15-5-7-19(27-15)18(11-26-2)24-20(25)16-6-4-13(8-17(16)21)14-9-22-12-23-10-14/h4-10,12,18H,3,11H2,1-2H3,(H,24,25). The Bertz CT molecular complexity index is 912. The van der Waals surface area contributed by atoms with Crippen LogP contribution in [0.3, 0.4) is 0 Å². The minimum Gasteiger partial charge on any atom is -0.464 e. The molecule has 1 atom stereocenters. The molecule has 0 aliphatic heterocycles. The second-order valence-electron chi connectivity index (χ2n) is 5.96. The minimum atomic E-state index is -0.626. The van der Waals surface area contributed by atoms with E-state index in [1.807, 2.05) is 13.0 Å². The van der Waals surface area contributed by atoms with Crippen molar-refractivity contribution in [3.05, 3.63) is 72.0 Å². The number of hydrogen-bond donors (Lipinski definition) is 1. The molecule has 0 saturated heterocycles. The van der Waals surface area contributed by atoms with E-state index in [9.17, 15) is 9.18 Å². The average Bonchev–Trinajstić information content (AvgIpc) is 3.17. The van der Waals surface area contributed by atoms with E-state index in [1.165, 1.54) is 25.6 Å². The molecular weight excluding hydrogens is 349 g/mol. The maximum atomic E-state index is 14.5. The Labute approximate surface area is 156 Å². The van der Waals surface area contributed by atoms with Crippen LogP contribution in [0, 0.1) is 5.82 Å². The first-order valence-electron chi connectivity index (χ1n) is 8.55. The van der Waals surface area contributed by atoms with Crippen LogP contribution in [0.4, 0.5) is 4.39 Å². The smallest absolute Gasteiger partial charge is 0.254 e. The minimum absolute atomic E-state index is 0.0565. The third-order valence-corrected chi connectivity index (χ3v) is 4.12. The summed E-state index contributed by atoms with van der Waals surface area (Å²) in [7, 11) is 1.53. The van der Waals surface area contributed by atoms with E-state index in [0.717, 1.165) is 12.2 Å². The maximum Gasteiger partial charge on any atom is 0.254 e. The van der Waals surface area contributed by atoms with Gasteiger partial charge in [-0.3, -0.25) is 4.79 Å². The monoisotopic (exact) mass is 369 g/mol. The number of ether oxygens (including phenoxy) is 1. The Morgan fingerprint density at radius 2 is 2.00 bits per heavy atom. The van der Waals surface area contributed by atoms with Crippen molar-refractivity contribution in [3.8, 4) is 11.1 Å². The van der Waals surface area contributed by atoms with Crippen LogP contribution < -0.4 is 5.32 Å². The van der Waals surface area contributed by atoms with Crippen molar-refractivity contribution in [2.75, 3.05) is 13.7 Å². The molecule has 140 valence electrons. The first-order chi connectivity index (χ1) is 13.1. The number of nitrogens with one attached hydrogen (secondary N) is 1. The van der Waals surface area contributed by atoms with Crippen molar-refractivity contribution in [1.29, 1.82) is 0 Å². The van der Waals surface area contributed by atoms with Gasteiger partial charge in [0.2, 0.25) is 0 Å². The third-order valence-electron chi connectivity index (χ3n) is 4.12. The topological polar surface area (TPSA) is 77.2 Å². The number of benzene rings is 1. The van der Waals surface area contributed by atoms with Gasteiger partial charge in [-0.2, -0.15) is 0 Å². The molecule has 2 aromatic heterocycles. The average molecular weight is 369 g/mol. The normalized spacial score (nSPS) is 12.0. The Hall–Kier alpha value is -3.06. The number of amides is 1. The summed E-state index contributed by atoms with van der Waals surface area (Å²) < 4.78 is 25.4. The predicted molar refractivity (Wildman–Crippen MR) is 97.6 cm³/mol. The molecule has 0 aliphatic carbocycles. The van der Waals surface area contributed by atoms with Gasteiger partial charge in [0.25, 0.3) is 5.91 Å². The van der Waals surface area contributed by atoms with Crippen LogP contribution in [0.15, 0.2) is 53.5 Å². The van der Waals surface area contributed by atoms with Gasteiger partial charge in [0.15, 0.2) is 0 Å². The first-order valence-corrected chi connectivity index (χ1v) is 8.55. The van der Waals surface area contributed by atoms with Gasteiger partial charge in [-0.1, -0.05) is 13.0 Å². The van der Waals surface area contributed by atoms with Crippen molar-refractivity contribution in [2.24, 2.45) is 0 Å². The van der Waals surface area contributed by atoms with Crippen molar-refractivity contribution in [3.63, 3.8) is 0 Å². The van der Waals surface area contributed by atoms with Crippen molar-refractivity contribution >= 4 is 5.91 Å². The van der Waals surface area contributed by atoms with Crippen LogP contribution in [0.1, 0.15) is 34.8 Å². The molecule has 0 spiro atoms. The van der Waals surface area contributed by atoms with Gasteiger partial charge in [0.1, 0.15) is 29.7 Å². The molecule has 27 heavy (non-hydrogen) atoms. The fraction of sp³-hybridized carbons (Fsp3) is 0.250. The molecule has 2 heterocycles. The number of rotatable bonds is 7. The fourth-order valence-electron chi connectivity index (χ4n) is 2.70. The number of aromatic nitrogens is 2. The molecule has 0 bridgehead atoms. The lowest BCUT2D eigenvalue weighted by Gasteiger charge is -2.16. The number of furan rings is 1. The van der Waals surface area contributed by atoms with Gasteiger partial charge in [0, 0.05) is 31.5 Å². The second-order valence-corrected chi connectivity index (χ2v) is 5.96. The quantitative estimate of drug-likeness (QED) is 0.689. The number of methoxy groups -OCH3 is 1. The number of nitrogens with zero attached hydrogens (tertiary/aromatic N) is 2. The molecule has 0 radical (unpaired) electrons. The van der Waals surface area contributed by atoms with Crippen LogP contribution in [0.5, 0.6) is 0 Å². The molecule has 3 rings (SSSR count). The summed E-state index contributed by atoms with van der Waals surface area (Å²) in [6, 6.07) is 7.52. The predicted octanol–water partition coefficient (Wildman–Crippen LogP) is 3.56. The summed E-state index contributed by atoms with van der Waals surface area (Å²) in [5.41, 5.74) is 1.21. The van der Waals surface area contributed by atoms with Crippen LogP contribution in [0.25, 0.3) is 11.1 Å². The molecule has 0 saturated carbocycles. The van der Waals surface area contributed by atoms with Gasteiger partial charge in [-0.25, -0.2) is 14.4 Å². The lowest BCUT2D eigenvalue weighted by atomic mass is 10.1. The highest BCUT2D eigenvalue weighted by atomic mass is 19.1. The molecule has 0 fully saturated rings. The number of halogens is 1. The van der Waals surface area contributed by atoms with E-state index >= 15 is 0 Å². The van der Waals surface area contributed by atoms with Gasteiger partial charge in [-0.05, 0) is 29.8 Å². The number of carbonyl (C=O) groups excluding carboxylic acids is 1. The Morgan fingerprint density at radius 3 is 2.63 bits per heavy atom. The molecule has 1 N–H and O–H groups in total. The summed E-state index contributed by atoms with van der Waals surface area (Å²) in [5, 5.41) is 2.77. The van der Waals surface area contributed by atoms with E-state index in [1.54, 1.807) is 24.5 Å². The van der Waals surface area contributed by atoms with Crippen molar-refractivity contribution in [2.45, 2.75) is 19.4 Å². The number of hydrogen-bond acceptors (Lipinski definition) is 5. The molecular formula is C20H20FN3O3. The van der Waals surface area contributed by atoms with E-state index in [0.29, 0.717) is 16.9 Å². The lowest BCUT2D eigenvalue weighted by Crippen LogP contribution is -2.31. The Morgan fingerprint density at radius 1 is 1.22 bits per heavy atom. The highest BCUT2D eigenvalue weighted by molar-refractivity contribution is 5.95. The zero-order valence-electron chi connectivity index (χ0n) is 15.1. The van der Waals surface area contributed by atoms with Gasteiger partial charge < -0.3 is 14.5 Å². The van der Waals surface area contributed by atoms with Crippen LogP contribution in [-0.4, -0.2) is 29.6 Å². The fourth-order valence-corrected chi connectivity index (χ4v) is 2.70. The van der Waals surface area contributed by atoms with Gasteiger partial charge in [0.05, 0.1) is 12.2 Å². The summed E-state index contributed by atoms with van der Waals surface area (Å²) in [4.78, 5) is 20.4. The van der Waals surface area contributed by atoms with Crippen LogP contribution >= 0.6 is 0 Å². The SMILES string of the molecule is CCc1ccc(C(COC)NC(=O)c2ccc(-c3cncnc3)cc2F)o1. The molecule has 0 aliphatic rings. The van der Waals surface area contributed by atoms with E-state index in [-0.39, 0.29) is 12.2 Å². The molecule has 3 aromatic rings. The van der Waals surface area contributed by atoms with E-state index in [4.69, 9.17) is 9.15 Å². The molecule has 1 unspecified atom stereocenters. The molecule has 6 nitrogen and oxygen atoms in total. The second kappa shape index (κ2) is 8.55. The summed E-state index contributed by atoms with van der Waals surface area (Å²) in [6.45, 7) is 2.19. The number of carbonyl (C=O) groups is 1. The molecule has 1 amide bonds. The zero-order valence-corrected chi connectivity index (χ0v) is 15.1. The largest absolute Gasteiger partial charge is 0.464 e. The van der Waals surface area contributed by atoms with Crippen molar-refractivity contribution < 1.29 is 18.3 Å². The first kappa shape index (κ1) is 18.7. The van der Waals surface area contributed by atoms with Gasteiger partial charge >= 0.3 is 0 Å². The van der Waals surface area contributed by atoms with Gasteiger partial charge in [-0.15, -0.1) is 0 Å². The van der Waals surface area contributed by atoms with Crippen LogP contribution in [0.2, 0.25) is 0 Å². The molecule has 1 aromatic carbocycles. The highest BCUT2D eigenvalue weighted by Gasteiger charge is 2.21. The third kappa shape index (κ3) is 4.38. The Balaban J connectivity index is 1.79. The lowest BCUT2D eigenvalue weighted by molar-refractivity contribution is 0.0878. The Kier molecular flexibility index (Phi) is 5.93.